The Labute approximate surface area is 312 Å². The summed E-state index contributed by atoms with van der Waals surface area (Å²) in [5.41, 5.74) is 3.99. The Morgan fingerprint density at radius 2 is 1.13 bits per heavy atom. The van der Waals surface area contributed by atoms with Crippen LogP contribution in [-0.2, 0) is 19.1 Å². The lowest BCUT2D eigenvalue weighted by Gasteiger charge is -2.29. The second kappa shape index (κ2) is 24.5. The number of nitrogens with zero attached hydrogens (tertiary/aromatic N) is 1. The van der Waals surface area contributed by atoms with E-state index in [-0.39, 0.29) is 26.4 Å². The average molecular weight is 744 g/mol. The lowest BCUT2D eigenvalue weighted by Crippen LogP contribution is -2.50. The van der Waals surface area contributed by atoms with E-state index >= 15 is 0 Å². The predicted molar refractivity (Wildman–Crippen MR) is 200 cm³/mol. The number of hydrogen-bond acceptors (Lipinski definition) is 12. The van der Waals surface area contributed by atoms with Crippen LogP contribution in [-0.4, -0.2) is 127 Å². The van der Waals surface area contributed by atoms with Gasteiger partial charge in [-0.2, -0.15) is 0 Å². The fourth-order valence-electron chi connectivity index (χ4n) is 5.06. The zero-order valence-electron chi connectivity index (χ0n) is 31.1. The summed E-state index contributed by atoms with van der Waals surface area (Å²) in [6.45, 7) is 6.79. The van der Waals surface area contributed by atoms with E-state index in [4.69, 9.17) is 33.6 Å². The van der Waals surface area contributed by atoms with Gasteiger partial charge in [-0.05, 0) is 59.9 Å². The Kier molecular flexibility index (Phi) is 20.2. The molecule has 0 aromatic heterocycles. The van der Waals surface area contributed by atoms with Crippen molar-refractivity contribution in [3.63, 3.8) is 0 Å². The molecular formula is C40H57NO12. The Balaban J connectivity index is 1.49. The zero-order chi connectivity index (χ0) is 38.4. The highest BCUT2D eigenvalue weighted by molar-refractivity contribution is 5.77. The van der Waals surface area contributed by atoms with E-state index in [1.54, 1.807) is 0 Å². The van der Waals surface area contributed by atoms with Crippen molar-refractivity contribution in [2.45, 2.75) is 70.9 Å². The van der Waals surface area contributed by atoms with Crippen LogP contribution in [0.4, 0.5) is 0 Å². The van der Waals surface area contributed by atoms with E-state index in [9.17, 15) is 25.2 Å². The Bertz CT molecular complexity index is 1440. The highest BCUT2D eigenvalue weighted by Gasteiger charge is 2.32. The first-order chi connectivity index (χ1) is 25.7. The van der Waals surface area contributed by atoms with Gasteiger partial charge in [0.05, 0.1) is 59.4 Å². The maximum atomic E-state index is 11.9. The summed E-state index contributed by atoms with van der Waals surface area (Å²) in [6, 6.07) is 22.2. The topological polar surface area (TPSA) is 177 Å². The normalized spacial score (nSPS) is 13.6. The molecule has 0 bridgehead atoms. The number of aliphatic hydroxyl groups excluding tert-OH is 5. The lowest BCUT2D eigenvalue weighted by molar-refractivity contribution is -0.204. The second-order valence-electron chi connectivity index (χ2n) is 12.4. The molecule has 3 aromatic carbocycles. The van der Waals surface area contributed by atoms with Crippen molar-refractivity contribution in [2.24, 2.45) is 0 Å². The van der Waals surface area contributed by atoms with Gasteiger partial charge in [0, 0.05) is 12.5 Å². The number of carbonyl (C=O) groups is 1. The number of benzene rings is 3. The molecule has 0 saturated carbocycles. The van der Waals surface area contributed by atoms with Gasteiger partial charge in [-0.3, -0.25) is 9.63 Å². The smallest absolute Gasteiger partial charge is 0.243 e. The van der Waals surface area contributed by atoms with Crippen molar-refractivity contribution in [1.82, 2.24) is 5.06 Å². The van der Waals surface area contributed by atoms with Crippen LogP contribution in [0, 0.1) is 0 Å². The van der Waals surface area contributed by atoms with Crippen molar-refractivity contribution in [3.05, 3.63) is 66.7 Å². The third-order valence-corrected chi connectivity index (χ3v) is 8.23. The molecule has 13 heteroatoms. The molecule has 0 saturated heterocycles. The van der Waals surface area contributed by atoms with Gasteiger partial charge in [0.1, 0.15) is 48.3 Å². The fraction of sp³-hybridized carbons (Fsp3) is 0.525. The van der Waals surface area contributed by atoms with Crippen molar-refractivity contribution < 1.29 is 58.8 Å². The minimum Gasteiger partial charge on any atom is -0.494 e. The molecule has 53 heavy (non-hydrogen) atoms. The Hall–Kier alpha value is -3.79. The van der Waals surface area contributed by atoms with Crippen LogP contribution in [0.1, 0.15) is 46.5 Å². The molecule has 4 atom stereocenters. The Morgan fingerprint density at radius 1 is 0.623 bits per heavy atom. The second-order valence-corrected chi connectivity index (χ2v) is 12.4. The van der Waals surface area contributed by atoms with Gasteiger partial charge in [0.25, 0.3) is 0 Å². The van der Waals surface area contributed by atoms with Crippen molar-refractivity contribution in [2.75, 3.05) is 66.0 Å². The Morgan fingerprint density at radius 3 is 1.68 bits per heavy atom. The summed E-state index contributed by atoms with van der Waals surface area (Å²) in [7, 11) is 0. The number of hydrogen-bond donors (Lipinski definition) is 5. The molecule has 0 heterocycles. The van der Waals surface area contributed by atoms with Crippen LogP contribution < -0.4 is 14.2 Å². The van der Waals surface area contributed by atoms with Gasteiger partial charge in [-0.25, -0.2) is 5.06 Å². The summed E-state index contributed by atoms with van der Waals surface area (Å²) in [5.74, 6) is 1.83. The minimum absolute atomic E-state index is 0.0348. The lowest BCUT2D eigenvalue weighted by atomic mass is 9.99. The summed E-state index contributed by atoms with van der Waals surface area (Å²) < 4.78 is 29.2. The van der Waals surface area contributed by atoms with Crippen LogP contribution >= 0.6 is 0 Å². The first-order valence-electron chi connectivity index (χ1n) is 18.3. The van der Waals surface area contributed by atoms with Crippen molar-refractivity contribution in [3.8, 4) is 39.5 Å². The molecule has 0 aliphatic carbocycles. The van der Waals surface area contributed by atoms with Gasteiger partial charge >= 0.3 is 0 Å². The molecule has 0 unspecified atom stereocenters. The molecule has 3 rings (SSSR count). The van der Waals surface area contributed by atoms with E-state index in [1.807, 2.05) is 54.6 Å². The van der Waals surface area contributed by atoms with E-state index in [0.717, 1.165) is 64.5 Å². The number of amides is 1. The van der Waals surface area contributed by atoms with E-state index < -0.39 is 43.5 Å². The number of rotatable bonds is 27. The number of hydroxylamine groups is 2. The van der Waals surface area contributed by atoms with Gasteiger partial charge in [0.15, 0.2) is 0 Å². The van der Waals surface area contributed by atoms with E-state index in [2.05, 4.69) is 26.0 Å². The van der Waals surface area contributed by atoms with Gasteiger partial charge in [0.2, 0.25) is 5.91 Å². The van der Waals surface area contributed by atoms with Crippen LogP contribution in [0.5, 0.6) is 17.2 Å². The molecule has 13 nitrogen and oxygen atoms in total. The number of aliphatic hydroxyl groups is 5. The van der Waals surface area contributed by atoms with Crippen LogP contribution in [0.25, 0.3) is 22.3 Å². The fourth-order valence-corrected chi connectivity index (χ4v) is 5.06. The molecule has 0 aliphatic heterocycles. The van der Waals surface area contributed by atoms with Gasteiger partial charge in [-0.1, -0.05) is 63.1 Å². The summed E-state index contributed by atoms with van der Waals surface area (Å²) >= 11 is 0. The summed E-state index contributed by atoms with van der Waals surface area (Å²) in [4.78, 5) is 17.3. The quantitative estimate of drug-likeness (QED) is 0.0561. The highest BCUT2D eigenvalue weighted by Crippen LogP contribution is 2.35. The van der Waals surface area contributed by atoms with E-state index in [0.29, 0.717) is 32.2 Å². The first-order valence-corrected chi connectivity index (χ1v) is 18.3. The number of carbonyl (C=O) groups excluding carboxylic acids is 1. The van der Waals surface area contributed by atoms with Crippen LogP contribution in [0.2, 0.25) is 0 Å². The molecule has 0 radical (unpaired) electrons. The molecule has 3 aromatic rings. The molecule has 0 fully saturated rings. The average Bonchev–Trinajstić information content (AvgIpc) is 3.17. The molecule has 0 spiro atoms. The number of unbranched alkanes of at least 4 members (excludes halogenated alkanes) is 2. The maximum absolute atomic E-state index is 11.9. The van der Waals surface area contributed by atoms with Crippen molar-refractivity contribution in [1.29, 1.82) is 0 Å². The first kappa shape index (κ1) is 43.6. The monoisotopic (exact) mass is 743 g/mol. The van der Waals surface area contributed by atoms with Crippen LogP contribution in [0.3, 0.4) is 0 Å². The predicted octanol–water partition coefficient (Wildman–Crippen LogP) is 4.01. The minimum atomic E-state index is -1.81. The molecule has 1 amide bonds. The SMILES string of the molecule is CCCCOc1ccc(-c2ccc(-c3ccc(OCCCC)cc3)c(OCCOCCOCCON(C[C@H](O)[C@@H](O)[C@H](O)[C@H](O)CO)C(C)=O)c2)cc1. The van der Waals surface area contributed by atoms with Crippen LogP contribution in [0.15, 0.2) is 66.7 Å². The molecule has 0 aliphatic rings. The third kappa shape index (κ3) is 15.2. The number of ether oxygens (including phenoxy) is 5. The summed E-state index contributed by atoms with van der Waals surface area (Å²) in [6.07, 6.45) is -2.75. The highest BCUT2D eigenvalue weighted by atomic mass is 16.7. The molecular weight excluding hydrogens is 686 g/mol. The van der Waals surface area contributed by atoms with Gasteiger partial charge in [-0.15, -0.1) is 0 Å². The maximum Gasteiger partial charge on any atom is 0.243 e. The van der Waals surface area contributed by atoms with Crippen molar-refractivity contribution >= 4 is 5.91 Å². The van der Waals surface area contributed by atoms with Gasteiger partial charge < -0.3 is 49.2 Å². The third-order valence-electron chi connectivity index (χ3n) is 8.23. The molecule has 5 N–H and O–H groups in total. The standard InChI is InChI=1S/C40H57NO12/c1-4-6-18-50-33-13-8-30(9-14-33)32-12-17-35(31-10-15-34(16-11-31)51-19-7-5-2)38(26-32)52-24-22-48-20-21-49-23-25-53-41(29(3)43)27-36(44)39(46)40(47)37(45)28-42/h8-17,26,36-37,39-40,42,44-47H,4-7,18-25,27-28H2,1-3H3/t36-,37+,39+,40+/m0/s1. The van der Waals surface area contributed by atoms with E-state index in [1.165, 1.54) is 6.92 Å². The zero-order valence-corrected chi connectivity index (χ0v) is 31.1. The summed E-state index contributed by atoms with van der Waals surface area (Å²) in [5, 5.41) is 49.2. The largest absolute Gasteiger partial charge is 0.494 e. The molecule has 294 valence electrons.